The first-order chi connectivity index (χ1) is 31.0. The van der Waals surface area contributed by atoms with Crippen molar-refractivity contribution in [1.82, 2.24) is 5.32 Å². The van der Waals surface area contributed by atoms with Crippen molar-refractivity contribution in [2.75, 3.05) is 40.9 Å². The number of unbranched alkanes of at least 4 members (excludes halogenated alkanes) is 18. The minimum atomic E-state index is -4.35. The zero-order valence-corrected chi connectivity index (χ0v) is 42.6. The summed E-state index contributed by atoms with van der Waals surface area (Å²) in [5.41, 5.74) is 0. The maximum absolute atomic E-state index is 12.9. The van der Waals surface area contributed by atoms with Crippen molar-refractivity contribution < 1.29 is 32.9 Å². The first kappa shape index (κ1) is 61.4. The molecule has 368 valence electrons. The average molecular weight is 914 g/mol. The minimum Gasteiger partial charge on any atom is -0.387 e. The van der Waals surface area contributed by atoms with E-state index in [-0.39, 0.29) is 19.1 Å². The van der Waals surface area contributed by atoms with Gasteiger partial charge in [-0.05, 0) is 77.0 Å². The molecule has 0 rings (SSSR count). The number of quaternary nitrogens is 1. The van der Waals surface area contributed by atoms with Gasteiger partial charge in [0.15, 0.2) is 0 Å². The lowest BCUT2D eigenvalue weighted by molar-refractivity contribution is -0.870. The monoisotopic (exact) mass is 914 g/mol. The Labute approximate surface area is 394 Å². The average Bonchev–Trinajstić information content (AvgIpc) is 3.25. The SMILES string of the molecule is CC/C=C\C/C=C\C/C=C\C/C=C\C/C=C\C/C=C\C/C=C\CCCCCCCC(=O)NC(COP(=O)(O)OCC[N+](C)(C)C)C(O)/C=C/CCCCCCCCCCCCCCC. The first-order valence-electron chi connectivity index (χ1n) is 25.6. The summed E-state index contributed by atoms with van der Waals surface area (Å²) in [6.07, 6.45) is 64.8. The van der Waals surface area contributed by atoms with Crippen LogP contribution >= 0.6 is 7.82 Å². The van der Waals surface area contributed by atoms with Gasteiger partial charge in [-0.2, -0.15) is 0 Å². The number of nitrogens with one attached hydrogen (secondary N) is 1. The van der Waals surface area contributed by atoms with Gasteiger partial charge < -0.3 is 19.8 Å². The van der Waals surface area contributed by atoms with Crippen LogP contribution in [0.15, 0.2) is 97.2 Å². The van der Waals surface area contributed by atoms with Gasteiger partial charge in [-0.3, -0.25) is 13.8 Å². The van der Waals surface area contributed by atoms with Crippen LogP contribution in [0.25, 0.3) is 0 Å². The molecule has 1 amide bonds. The molecule has 0 aromatic heterocycles. The summed E-state index contributed by atoms with van der Waals surface area (Å²) < 4.78 is 23.6. The van der Waals surface area contributed by atoms with Crippen LogP contribution < -0.4 is 5.32 Å². The number of hydrogen-bond donors (Lipinski definition) is 3. The number of likely N-dealkylation sites (N-methyl/N-ethyl adjacent to an activating group) is 1. The molecule has 3 atom stereocenters. The smallest absolute Gasteiger partial charge is 0.387 e. The number of phosphoric acid groups is 1. The molecular formula is C55H98N2O6P+. The van der Waals surface area contributed by atoms with Crippen molar-refractivity contribution in [1.29, 1.82) is 0 Å². The molecule has 0 aliphatic heterocycles. The number of carbonyl (C=O) groups excluding carboxylic acids is 1. The van der Waals surface area contributed by atoms with Gasteiger partial charge in [0.1, 0.15) is 13.2 Å². The Hall–Kier alpha value is -2.58. The number of allylic oxidation sites excluding steroid dienone is 15. The summed E-state index contributed by atoms with van der Waals surface area (Å²) in [5.74, 6) is -0.200. The van der Waals surface area contributed by atoms with E-state index in [1.54, 1.807) is 6.08 Å². The number of nitrogens with zero attached hydrogens (tertiary/aromatic N) is 1. The van der Waals surface area contributed by atoms with E-state index in [0.29, 0.717) is 17.4 Å². The highest BCUT2D eigenvalue weighted by atomic mass is 31.2. The van der Waals surface area contributed by atoms with Crippen LogP contribution in [-0.2, 0) is 18.4 Å². The molecule has 64 heavy (non-hydrogen) atoms. The summed E-state index contributed by atoms with van der Waals surface area (Å²) >= 11 is 0. The Morgan fingerprint density at radius 1 is 0.547 bits per heavy atom. The minimum absolute atomic E-state index is 0.0521. The molecule has 0 aliphatic rings. The van der Waals surface area contributed by atoms with E-state index in [1.165, 1.54) is 70.6 Å². The van der Waals surface area contributed by atoms with Crippen LogP contribution in [0.2, 0.25) is 0 Å². The molecule has 8 nitrogen and oxygen atoms in total. The van der Waals surface area contributed by atoms with Crippen molar-refractivity contribution in [2.45, 2.75) is 206 Å². The summed E-state index contributed by atoms with van der Waals surface area (Å²) in [4.78, 5) is 23.2. The summed E-state index contributed by atoms with van der Waals surface area (Å²) in [7, 11) is 1.54. The van der Waals surface area contributed by atoms with E-state index in [2.05, 4.69) is 104 Å². The van der Waals surface area contributed by atoms with E-state index in [4.69, 9.17) is 9.05 Å². The molecule has 0 aromatic rings. The van der Waals surface area contributed by atoms with E-state index < -0.39 is 20.0 Å². The number of phosphoric ester groups is 1. The Morgan fingerprint density at radius 3 is 1.38 bits per heavy atom. The molecule has 9 heteroatoms. The normalized spacial score (nSPS) is 14.9. The lowest BCUT2D eigenvalue weighted by atomic mass is 10.0. The standard InChI is InChI=1S/C55H97N2O6P/c1-6-8-10-12-14-16-18-20-22-23-24-25-26-27-28-29-30-31-32-33-35-37-39-41-43-45-47-49-55(59)56-53(52-63-64(60,61)62-51-50-57(3,4)5)54(58)48-46-44-42-40-38-36-34-21-19-17-15-13-11-9-7-2/h8,10,14,16,20,22,24-25,27-28,30-31,33,35,46,48,53-54,58H,6-7,9,11-13,15,17-19,21,23,26,29,32,34,36-45,47,49-52H2,1-5H3,(H-,56,59,60,61)/p+1/b10-8-,16-14-,22-20-,25-24-,28-27-,31-30-,35-33-,48-46+. The van der Waals surface area contributed by atoms with Crippen molar-refractivity contribution in [2.24, 2.45) is 0 Å². The topological polar surface area (TPSA) is 105 Å². The van der Waals surface area contributed by atoms with Gasteiger partial charge >= 0.3 is 7.82 Å². The van der Waals surface area contributed by atoms with Gasteiger partial charge in [0, 0.05) is 6.42 Å². The lowest BCUT2D eigenvalue weighted by Gasteiger charge is -2.25. The third kappa shape index (κ3) is 47.4. The molecule has 3 unspecified atom stereocenters. The van der Waals surface area contributed by atoms with Gasteiger partial charge in [0.05, 0.1) is 39.9 Å². The van der Waals surface area contributed by atoms with Crippen molar-refractivity contribution in [3.63, 3.8) is 0 Å². The molecular weight excluding hydrogens is 816 g/mol. The zero-order chi connectivity index (χ0) is 47.1. The first-order valence-corrected chi connectivity index (χ1v) is 27.1. The van der Waals surface area contributed by atoms with E-state index in [0.717, 1.165) is 103 Å². The summed E-state index contributed by atoms with van der Waals surface area (Å²) in [6.45, 7) is 4.67. The lowest BCUT2D eigenvalue weighted by Crippen LogP contribution is -2.45. The fraction of sp³-hybridized carbons (Fsp3) is 0.691. The maximum atomic E-state index is 12.9. The molecule has 0 heterocycles. The highest BCUT2D eigenvalue weighted by Crippen LogP contribution is 2.43. The Morgan fingerprint density at radius 2 is 0.938 bits per heavy atom. The van der Waals surface area contributed by atoms with E-state index >= 15 is 0 Å². The van der Waals surface area contributed by atoms with Gasteiger partial charge in [-0.1, -0.05) is 207 Å². The molecule has 0 spiro atoms. The van der Waals surface area contributed by atoms with Crippen LogP contribution in [0.1, 0.15) is 194 Å². The Balaban J connectivity index is 4.36. The van der Waals surface area contributed by atoms with Crippen LogP contribution in [0, 0.1) is 0 Å². The second-order valence-electron chi connectivity index (χ2n) is 18.2. The van der Waals surface area contributed by atoms with Crippen LogP contribution in [-0.4, -0.2) is 73.4 Å². The molecule has 0 aromatic carbocycles. The number of aliphatic hydroxyl groups excluding tert-OH is 1. The van der Waals surface area contributed by atoms with Gasteiger partial charge in [-0.15, -0.1) is 0 Å². The van der Waals surface area contributed by atoms with Crippen molar-refractivity contribution in [3.8, 4) is 0 Å². The van der Waals surface area contributed by atoms with Crippen LogP contribution in [0.4, 0.5) is 0 Å². The predicted molar refractivity (Wildman–Crippen MR) is 276 cm³/mol. The third-order valence-corrected chi connectivity index (χ3v) is 11.8. The maximum Gasteiger partial charge on any atom is 0.472 e. The fourth-order valence-electron chi connectivity index (χ4n) is 6.78. The second-order valence-corrected chi connectivity index (χ2v) is 19.6. The fourth-order valence-corrected chi connectivity index (χ4v) is 7.52. The molecule has 0 saturated heterocycles. The Kier molecular flexibility index (Phi) is 43.7. The molecule has 0 fully saturated rings. The Bertz CT molecular complexity index is 1360. The predicted octanol–water partition coefficient (Wildman–Crippen LogP) is 15.1. The summed E-state index contributed by atoms with van der Waals surface area (Å²) in [5, 5.41) is 13.9. The molecule has 0 aliphatic carbocycles. The molecule has 0 bridgehead atoms. The van der Waals surface area contributed by atoms with E-state index in [9.17, 15) is 19.4 Å². The molecule has 0 radical (unpaired) electrons. The zero-order valence-electron chi connectivity index (χ0n) is 41.7. The quantitative estimate of drug-likeness (QED) is 0.0243. The number of carbonyl (C=O) groups is 1. The van der Waals surface area contributed by atoms with Gasteiger partial charge in [0.25, 0.3) is 0 Å². The number of amides is 1. The molecule has 3 N–H and O–H groups in total. The van der Waals surface area contributed by atoms with Crippen molar-refractivity contribution >= 4 is 13.7 Å². The van der Waals surface area contributed by atoms with Gasteiger partial charge in [-0.25, -0.2) is 4.57 Å². The van der Waals surface area contributed by atoms with E-state index in [1.807, 2.05) is 27.2 Å². The largest absolute Gasteiger partial charge is 0.472 e. The number of aliphatic hydroxyl groups is 1. The number of hydrogen-bond acceptors (Lipinski definition) is 5. The summed E-state index contributed by atoms with van der Waals surface area (Å²) in [6, 6.07) is -0.863. The van der Waals surface area contributed by atoms with Gasteiger partial charge in [0.2, 0.25) is 5.91 Å². The van der Waals surface area contributed by atoms with Crippen LogP contribution in [0.5, 0.6) is 0 Å². The van der Waals surface area contributed by atoms with Crippen molar-refractivity contribution in [3.05, 3.63) is 97.2 Å². The highest BCUT2D eigenvalue weighted by molar-refractivity contribution is 7.47. The van der Waals surface area contributed by atoms with Crippen LogP contribution in [0.3, 0.4) is 0 Å². The highest BCUT2D eigenvalue weighted by Gasteiger charge is 2.27. The third-order valence-electron chi connectivity index (χ3n) is 10.8. The number of rotatable bonds is 45. The second kappa shape index (κ2) is 45.6. The molecule has 0 saturated carbocycles.